The fourth-order valence-electron chi connectivity index (χ4n) is 7.42. The predicted octanol–water partition coefficient (Wildman–Crippen LogP) is 8.16. The minimum Gasteiger partial charge on any atom is -0.281 e. The van der Waals surface area contributed by atoms with Crippen molar-refractivity contribution >= 4 is 16.8 Å². The molecule has 3 saturated carbocycles. The van der Waals surface area contributed by atoms with Gasteiger partial charge < -0.3 is 0 Å². The van der Waals surface area contributed by atoms with E-state index in [-0.39, 0.29) is 16.1 Å². The van der Waals surface area contributed by atoms with Crippen LogP contribution in [-0.2, 0) is 4.79 Å². The van der Waals surface area contributed by atoms with E-state index in [1.165, 1.54) is 50.5 Å². The highest BCUT2D eigenvalue weighted by Gasteiger charge is 2.62. The average molecular weight is 407 g/mol. The summed E-state index contributed by atoms with van der Waals surface area (Å²) < 4.78 is 0. The van der Waals surface area contributed by atoms with Crippen molar-refractivity contribution in [3.8, 4) is 0 Å². The molecular weight excluding hydrogens is 364 g/mol. The van der Waals surface area contributed by atoms with Crippen LogP contribution in [0.4, 0.5) is 0 Å². The fraction of sp³-hybridized carbons (Fsp3) is 0.885. The molecule has 160 valence electrons. The van der Waals surface area contributed by atoms with E-state index in [2.05, 4.69) is 48.1 Å². The molecular formula is C26H43ClO. The number of rotatable bonds is 7. The molecule has 0 aromatic rings. The molecule has 1 nitrogen and oxygen atoms in total. The molecule has 0 aromatic carbocycles. The highest BCUT2D eigenvalue weighted by Crippen LogP contribution is 2.70. The SMILES string of the molecule is C=C1CC[C@@]2(C)C(CC[C@@](C)(C(C)(C)CCCC(=O)Cl)C2CC2CC2)C1(C)C. The molecule has 0 aliphatic heterocycles. The molecule has 0 bridgehead atoms. The van der Waals surface area contributed by atoms with Crippen molar-refractivity contribution in [2.24, 2.45) is 39.4 Å². The zero-order valence-corrected chi connectivity index (χ0v) is 20.1. The van der Waals surface area contributed by atoms with Crippen molar-refractivity contribution in [1.29, 1.82) is 0 Å². The summed E-state index contributed by atoms with van der Waals surface area (Å²) in [6, 6.07) is 0. The van der Waals surface area contributed by atoms with E-state index in [0.717, 1.165) is 30.6 Å². The predicted molar refractivity (Wildman–Crippen MR) is 120 cm³/mol. The Balaban J connectivity index is 1.93. The third-order valence-electron chi connectivity index (χ3n) is 10.0. The molecule has 3 aliphatic carbocycles. The molecule has 3 aliphatic rings. The van der Waals surface area contributed by atoms with E-state index >= 15 is 0 Å². The number of hydrogen-bond donors (Lipinski definition) is 0. The van der Waals surface area contributed by atoms with E-state index in [4.69, 9.17) is 11.6 Å². The van der Waals surface area contributed by atoms with Crippen molar-refractivity contribution < 1.29 is 4.79 Å². The van der Waals surface area contributed by atoms with Crippen LogP contribution in [0.2, 0.25) is 0 Å². The summed E-state index contributed by atoms with van der Waals surface area (Å²) in [5.41, 5.74) is 2.69. The van der Waals surface area contributed by atoms with Gasteiger partial charge in [-0.3, -0.25) is 4.79 Å². The number of halogens is 1. The molecule has 0 heterocycles. The van der Waals surface area contributed by atoms with Gasteiger partial charge in [0.25, 0.3) is 0 Å². The second-order valence-electron chi connectivity index (χ2n) is 12.2. The Labute approximate surface area is 179 Å². The highest BCUT2D eigenvalue weighted by molar-refractivity contribution is 6.63. The fourth-order valence-corrected chi connectivity index (χ4v) is 7.56. The minimum atomic E-state index is -0.182. The molecule has 0 aromatic heterocycles. The molecule has 0 spiro atoms. The third kappa shape index (κ3) is 3.75. The Morgan fingerprint density at radius 2 is 1.79 bits per heavy atom. The number of carbonyl (C=O) groups is 1. The van der Waals surface area contributed by atoms with E-state index in [0.29, 0.717) is 17.3 Å². The number of fused-ring (bicyclic) bond motifs is 1. The van der Waals surface area contributed by atoms with Crippen LogP contribution in [0.15, 0.2) is 12.2 Å². The van der Waals surface area contributed by atoms with Crippen LogP contribution in [0.25, 0.3) is 0 Å². The maximum absolute atomic E-state index is 11.3. The van der Waals surface area contributed by atoms with Crippen molar-refractivity contribution in [2.75, 3.05) is 0 Å². The summed E-state index contributed by atoms with van der Waals surface area (Å²) >= 11 is 5.64. The van der Waals surface area contributed by atoms with E-state index < -0.39 is 0 Å². The first-order chi connectivity index (χ1) is 12.8. The van der Waals surface area contributed by atoms with Gasteiger partial charge in [0.1, 0.15) is 0 Å². The zero-order valence-electron chi connectivity index (χ0n) is 19.3. The van der Waals surface area contributed by atoms with Gasteiger partial charge in [-0.25, -0.2) is 0 Å². The summed E-state index contributed by atoms with van der Waals surface area (Å²) in [6.45, 7) is 19.6. The molecule has 3 fully saturated rings. The van der Waals surface area contributed by atoms with Crippen LogP contribution in [0.5, 0.6) is 0 Å². The maximum Gasteiger partial charge on any atom is 0.221 e. The highest BCUT2D eigenvalue weighted by atomic mass is 35.5. The van der Waals surface area contributed by atoms with Gasteiger partial charge in [0.05, 0.1) is 0 Å². The van der Waals surface area contributed by atoms with E-state index in [1.54, 1.807) is 0 Å². The Morgan fingerprint density at radius 3 is 2.36 bits per heavy atom. The molecule has 0 N–H and O–H groups in total. The first-order valence-corrected chi connectivity index (χ1v) is 12.1. The number of allylic oxidation sites excluding steroid dienone is 1. The van der Waals surface area contributed by atoms with Gasteiger partial charge in [0.15, 0.2) is 0 Å². The van der Waals surface area contributed by atoms with Crippen LogP contribution in [0.3, 0.4) is 0 Å². The first kappa shape index (κ1) is 22.4. The standard InChI is InChI=1S/C26H43ClO/c1-18-12-15-25(6)20(24(18,4)5)13-16-26(7,21(25)17-19-10-11-19)23(2,3)14-8-9-22(27)28/h19-21H,1,8-17H2,2-7H3/t20?,21?,25-,26+/m0/s1. The smallest absolute Gasteiger partial charge is 0.221 e. The summed E-state index contributed by atoms with van der Waals surface area (Å²) in [4.78, 5) is 11.3. The average Bonchev–Trinajstić information content (AvgIpc) is 3.38. The molecule has 2 unspecified atom stereocenters. The maximum atomic E-state index is 11.3. The van der Waals surface area contributed by atoms with Gasteiger partial charge in [0.2, 0.25) is 5.24 Å². The lowest BCUT2D eigenvalue weighted by atomic mass is 9.38. The Hall–Kier alpha value is -0.300. The van der Waals surface area contributed by atoms with Crippen LogP contribution >= 0.6 is 11.6 Å². The van der Waals surface area contributed by atoms with E-state index in [1.807, 2.05) is 0 Å². The Bertz CT molecular complexity index is 628. The lowest BCUT2D eigenvalue weighted by Crippen LogP contribution is -2.59. The normalized spacial score (nSPS) is 38.2. The van der Waals surface area contributed by atoms with Gasteiger partial charge in [-0.2, -0.15) is 0 Å². The van der Waals surface area contributed by atoms with Crippen molar-refractivity contribution in [3.05, 3.63) is 12.2 Å². The summed E-state index contributed by atoms with van der Waals surface area (Å²) in [5, 5.41) is -0.182. The van der Waals surface area contributed by atoms with Crippen LogP contribution in [0, 0.1) is 39.4 Å². The van der Waals surface area contributed by atoms with Crippen molar-refractivity contribution in [1.82, 2.24) is 0 Å². The van der Waals surface area contributed by atoms with E-state index in [9.17, 15) is 4.79 Å². The van der Waals surface area contributed by atoms with Gasteiger partial charge in [-0.1, -0.05) is 66.5 Å². The van der Waals surface area contributed by atoms with Gasteiger partial charge in [-0.15, -0.1) is 0 Å². The Morgan fingerprint density at radius 1 is 1.14 bits per heavy atom. The van der Waals surface area contributed by atoms with Crippen molar-refractivity contribution in [3.63, 3.8) is 0 Å². The van der Waals surface area contributed by atoms with Crippen molar-refractivity contribution in [2.45, 2.75) is 106 Å². The molecule has 0 radical (unpaired) electrons. The lowest BCUT2D eigenvalue weighted by Gasteiger charge is -2.66. The number of carbonyl (C=O) groups excluding carboxylic acids is 1. The molecule has 2 heteroatoms. The largest absolute Gasteiger partial charge is 0.281 e. The summed E-state index contributed by atoms with van der Waals surface area (Å²) in [7, 11) is 0. The zero-order chi connectivity index (χ0) is 21.0. The molecule has 28 heavy (non-hydrogen) atoms. The third-order valence-corrected chi connectivity index (χ3v) is 10.2. The molecule has 0 saturated heterocycles. The lowest BCUT2D eigenvalue weighted by molar-refractivity contribution is -0.159. The van der Waals surface area contributed by atoms with Crippen LogP contribution in [-0.4, -0.2) is 5.24 Å². The van der Waals surface area contributed by atoms with Gasteiger partial charge in [0, 0.05) is 6.42 Å². The quantitative estimate of drug-likeness (QED) is 0.307. The Kier molecular flexibility index (Phi) is 5.94. The number of hydrogen-bond acceptors (Lipinski definition) is 1. The summed E-state index contributed by atoms with van der Waals surface area (Å²) in [6.07, 6.45) is 11.9. The minimum absolute atomic E-state index is 0.182. The second-order valence-corrected chi connectivity index (χ2v) is 12.6. The van der Waals surface area contributed by atoms with Crippen LogP contribution < -0.4 is 0 Å². The summed E-state index contributed by atoms with van der Waals surface area (Å²) in [5.74, 6) is 2.46. The second kappa shape index (κ2) is 7.44. The van der Waals surface area contributed by atoms with Gasteiger partial charge >= 0.3 is 0 Å². The topological polar surface area (TPSA) is 17.1 Å². The van der Waals surface area contributed by atoms with Crippen LogP contribution in [0.1, 0.15) is 106 Å². The first-order valence-electron chi connectivity index (χ1n) is 11.7. The molecule has 3 rings (SSSR count). The molecule has 0 amide bonds. The monoisotopic (exact) mass is 406 g/mol. The molecule has 4 atom stereocenters. The van der Waals surface area contributed by atoms with Gasteiger partial charge in [-0.05, 0) is 96.0 Å².